The fourth-order valence-corrected chi connectivity index (χ4v) is 3.69. The van der Waals surface area contributed by atoms with Crippen LogP contribution >= 0.6 is 0 Å². The molecule has 3 aromatic heterocycles. The Kier molecular flexibility index (Phi) is 4.82. The van der Waals surface area contributed by atoms with E-state index in [0.717, 1.165) is 5.56 Å². The summed E-state index contributed by atoms with van der Waals surface area (Å²) in [5, 5.41) is 38.7. The van der Waals surface area contributed by atoms with Gasteiger partial charge in [-0.1, -0.05) is 35.5 Å². The number of anilines is 1. The van der Waals surface area contributed by atoms with Gasteiger partial charge in [-0.05, 0) is 5.56 Å². The molecule has 5 N–H and O–H groups in total. The first-order valence-corrected chi connectivity index (χ1v) is 9.62. The summed E-state index contributed by atoms with van der Waals surface area (Å²) in [6.07, 6.45) is -1.67. The summed E-state index contributed by atoms with van der Waals surface area (Å²) >= 11 is 0. The molecule has 4 atom stereocenters. The van der Waals surface area contributed by atoms with E-state index in [9.17, 15) is 15.3 Å². The van der Waals surface area contributed by atoms with Gasteiger partial charge >= 0.3 is 0 Å². The minimum absolute atomic E-state index is 0.147. The molecule has 1 aromatic carbocycles. The molecule has 12 nitrogen and oxygen atoms in total. The van der Waals surface area contributed by atoms with E-state index < -0.39 is 31.1 Å². The predicted octanol–water partition coefficient (Wildman–Crippen LogP) is -0.673. The number of aliphatic hydroxyl groups excluding tert-OH is 3. The molecule has 160 valence electrons. The number of hydrogen-bond donors (Lipinski definition) is 4. The Labute approximate surface area is 175 Å². The number of benzene rings is 1. The molecule has 5 rings (SSSR count). The molecule has 0 amide bonds. The zero-order valence-corrected chi connectivity index (χ0v) is 16.2. The topological polar surface area (TPSA) is 170 Å². The van der Waals surface area contributed by atoms with Gasteiger partial charge in [-0.2, -0.15) is 0 Å². The van der Waals surface area contributed by atoms with Crippen LogP contribution in [0.4, 0.5) is 5.82 Å². The summed E-state index contributed by atoms with van der Waals surface area (Å²) in [6.45, 7) is 0.0466. The van der Waals surface area contributed by atoms with Gasteiger partial charge in [-0.25, -0.2) is 19.6 Å². The molecule has 0 unspecified atom stereocenters. The van der Waals surface area contributed by atoms with Crippen LogP contribution in [0.25, 0.3) is 22.7 Å². The number of aromatic nitrogens is 7. The van der Waals surface area contributed by atoms with Crippen molar-refractivity contribution in [2.45, 2.75) is 31.1 Å². The van der Waals surface area contributed by atoms with Crippen LogP contribution in [-0.4, -0.2) is 74.8 Å². The number of rotatable bonds is 5. The summed E-state index contributed by atoms with van der Waals surface area (Å²) in [6, 6.07) is 9.77. The highest BCUT2D eigenvalue weighted by atomic mass is 16.6. The normalized spacial score (nSPS) is 23.6. The zero-order valence-electron chi connectivity index (χ0n) is 16.2. The molecule has 1 aliphatic heterocycles. The first-order chi connectivity index (χ1) is 15.1. The maximum atomic E-state index is 10.6. The van der Waals surface area contributed by atoms with Gasteiger partial charge in [0.05, 0.1) is 19.3 Å². The third kappa shape index (κ3) is 3.31. The van der Waals surface area contributed by atoms with E-state index in [1.54, 1.807) is 10.9 Å². The second-order valence-corrected chi connectivity index (χ2v) is 7.25. The van der Waals surface area contributed by atoms with Gasteiger partial charge in [-0.15, -0.1) is 5.10 Å². The Morgan fingerprint density at radius 3 is 2.65 bits per heavy atom. The van der Waals surface area contributed by atoms with E-state index in [-0.39, 0.29) is 11.6 Å². The quantitative estimate of drug-likeness (QED) is 0.322. The number of fused-ring (bicyclic) bond motifs is 1. The molecule has 12 heteroatoms. The molecule has 31 heavy (non-hydrogen) atoms. The molecule has 4 heterocycles. The van der Waals surface area contributed by atoms with Crippen LogP contribution in [0.15, 0.2) is 42.9 Å². The van der Waals surface area contributed by atoms with Gasteiger partial charge in [-0.3, -0.25) is 4.57 Å². The average Bonchev–Trinajstić information content (AvgIpc) is 3.46. The minimum Gasteiger partial charge on any atom is -0.394 e. The number of nitrogens with zero attached hydrogens (tertiary/aromatic N) is 7. The van der Waals surface area contributed by atoms with Gasteiger partial charge in [0.2, 0.25) is 0 Å². The lowest BCUT2D eigenvalue weighted by Crippen LogP contribution is -2.33. The van der Waals surface area contributed by atoms with Crippen molar-refractivity contribution in [3.8, 4) is 11.5 Å². The van der Waals surface area contributed by atoms with Crippen LogP contribution < -0.4 is 5.73 Å². The highest BCUT2D eigenvalue weighted by molar-refractivity contribution is 5.84. The second kappa shape index (κ2) is 7.67. The van der Waals surface area contributed by atoms with Crippen molar-refractivity contribution in [1.29, 1.82) is 0 Å². The average molecular weight is 424 g/mol. The number of imidazole rings is 1. The monoisotopic (exact) mass is 424 g/mol. The molecule has 1 fully saturated rings. The van der Waals surface area contributed by atoms with E-state index in [4.69, 9.17) is 10.5 Å². The molecule has 4 aromatic rings. The number of ether oxygens (including phenoxy) is 1. The van der Waals surface area contributed by atoms with Crippen molar-refractivity contribution in [3.63, 3.8) is 0 Å². The summed E-state index contributed by atoms with van der Waals surface area (Å²) in [4.78, 5) is 12.7. The van der Waals surface area contributed by atoms with Crippen LogP contribution in [-0.2, 0) is 11.3 Å². The van der Waals surface area contributed by atoms with Crippen LogP contribution in [0.3, 0.4) is 0 Å². The molecule has 0 bridgehead atoms. The van der Waals surface area contributed by atoms with Crippen LogP contribution in [0.5, 0.6) is 0 Å². The van der Waals surface area contributed by atoms with E-state index in [1.165, 1.54) is 10.9 Å². The maximum Gasteiger partial charge on any atom is 0.168 e. The number of nitrogen functional groups attached to an aromatic ring is 1. The highest BCUT2D eigenvalue weighted by Gasteiger charge is 2.45. The predicted molar refractivity (Wildman–Crippen MR) is 107 cm³/mol. The first kappa shape index (κ1) is 19.5. The lowest BCUT2D eigenvalue weighted by Gasteiger charge is -2.18. The number of aliphatic hydroxyl groups is 3. The van der Waals surface area contributed by atoms with Crippen molar-refractivity contribution in [3.05, 3.63) is 48.4 Å². The van der Waals surface area contributed by atoms with Crippen LogP contribution in [0.2, 0.25) is 0 Å². The minimum atomic E-state index is -1.33. The molecule has 0 radical (unpaired) electrons. The van der Waals surface area contributed by atoms with Gasteiger partial charge in [0, 0.05) is 0 Å². The van der Waals surface area contributed by atoms with Gasteiger partial charge in [0.1, 0.15) is 30.3 Å². The van der Waals surface area contributed by atoms with Gasteiger partial charge in [0.15, 0.2) is 29.0 Å². The Bertz CT molecular complexity index is 1210. The highest BCUT2D eigenvalue weighted by Crippen LogP contribution is 2.36. The van der Waals surface area contributed by atoms with Crippen molar-refractivity contribution < 1.29 is 20.1 Å². The summed E-state index contributed by atoms with van der Waals surface area (Å²) < 4.78 is 8.86. The van der Waals surface area contributed by atoms with Crippen LogP contribution in [0, 0.1) is 0 Å². The molecule has 1 aliphatic rings. The fraction of sp³-hybridized carbons (Fsp3) is 0.316. The summed E-state index contributed by atoms with van der Waals surface area (Å²) in [5.41, 5.74) is 8.02. The fourth-order valence-electron chi connectivity index (χ4n) is 3.69. The molecule has 0 aliphatic carbocycles. The van der Waals surface area contributed by atoms with Gasteiger partial charge < -0.3 is 25.8 Å². The first-order valence-electron chi connectivity index (χ1n) is 9.62. The van der Waals surface area contributed by atoms with Crippen molar-refractivity contribution in [2.24, 2.45) is 0 Å². The maximum absolute atomic E-state index is 10.6. The molecule has 1 saturated heterocycles. The Morgan fingerprint density at radius 1 is 1.10 bits per heavy atom. The lowest BCUT2D eigenvalue weighted by atomic mass is 10.1. The van der Waals surface area contributed by atoms with Crippen molar-refractivity contribution in [1.82, 2.24) is 34.5 Å². The zero-order chi connectivity index (χ0) is 21.5. The largest absolute Gasteiger partial charge is 0.394 e. The third-order valence-corrected chi connectivity index (χ3v) is 5.23. The third-order valence-electron chi connectivity index (χ3n) is 5.23. The van der Waals surface area contributed by atoms with Crippen LogP contribution in [0.1, 0.15) is 11.8 Å². The van der Waals surface area contributed by atoms with Crippen molar-refractivity contribution in [2.75, 3.05) is 12.3 Å². The van der Waals surface area contributed by atoms with E-state index in [0.29, 0.717) is 23.4 Å². The molecule has 0 spiro atoms. The lowest BCUT2D eigenvalue weighted by molar-refractivity contribution is -0.0503. The van der Waals surface area contributed by atoms with Crippen molar-refractivity contribution >= 4 is 17.0 Å². The number of hydrogen-bond acceptors (Lipinski definition) is 10. The SMILES string of the molecule is Nc1ncnc2c1nc(-c1cn(Cc3ccccc3)nn1)n2[C@@H]1O[C@H](CO)[C@@H](O)[C@H]1O. The number of nitrogens with two attached hydrogens (primary N) is 1. The molecular formula is C19H20N8O4. The Hall–Kier alpha value is -3.45. The van der Waals surface area contributed by atoms with E-state index >= 15 is 0 Å². The van der Waals surface area contributed by atoms with Gasteiger partial charge in [0.25, 0.3) is 0 Å². The van der Waals surface area contributed by atoms with E-state index in [1.807, 2.05) is 30.3 Å². The standard InChI is InChI=1S/C19H20N8O4/c20-16-13-18(22-9-21-16)27(19-15(30)14(29)12(8-28)31-19)17(23-13)11-7-26(25-24-11)6-10-4-2-1-3-5-10/h1-5,7,9,12,14-15,19,28-30H,6,8H2,(H2,20,21,22)/t12-,14-,15-,19-/m1/s1. The molecule has 0 saturated carbocycles. The summed E-state index contributed by atoms with van der Waals surface area (Å²) in [5.74, 6) is 0.435. The summed E-state index contributed by atoms with van der Waals surface area (Å²) in [7, 11) is 0. The Morgan fingerprint density at radius 2 is 1.90 bits per heavy atom. The van der Waals surface area contributed by atoms with E-state index in [2.05, 4.69) is 25.3 Å². The Balaban J connectivity index is 1.60. The second-order valence-electron chi connectivity index (χ2n) is 7.25. The smallest absolute Gasteiger partial charge is 0.168 e. The molecular weight excluding hydrogens is 404 g/mol.